The van der Waals surface area contributed by atoms with Gasteiger partial charge in [0.2, 0.25) is 0 Å². The molecule has 1 aliphatic heterocycles. The first kappa shape index (κ1) is 18.3. The fraction of sp³-hybridized carbons (Fsp3) is 0.467. The summed E-state index contributed by atoms with van der Waals surface area (Å²) in [6, 6.07) is 0.384. The van der Waals surface area contributed by atoms with Crippen LogP contribution in [0.25, 0.3) is 0 Å². The van der Waals surface area contributed by atoms with E-state index in [0.717, 1.165) is 0 Å². The van der Waals surface area contributed by atoms with Crippen LogP contribution in [0.5, 0.6) is 0 Å². The minimum atomic E-state index is -4.92. The van der Waals surface area contributed by atoms with E-state index >= 15 is 0 Å². The number of alkyl halides is 6. The zero-order valence-electron chi connectivity index (χ0n) is 12.5. The molecule has 24 heavy (non-hydrogen) atoms. The molecule has 0 saturated carbocycles. The van der Waals surface area contributed by atoms with Gasteiger partial charge >= 0.3 is 18.3 Å². The van der Waals surface area contributed by atoms with Crippen molar-refractivity contribution in [1.29, 1.82) is 0 Å². The molecule has 0 spiro atoms. The highest BCUT2D eigenvalue weighted by atomic mass is 19.4. The first-order valence-electron chi connectivity index (χ1n) is 7.05. The average Bonchev–Trinajstić information content (AvgIpc) is 2.95. The van der Waals surface area contributed by atoms with E-state index in [0.29, 0.717) is 12.1 Å². The topological polar surface area (TPSA) is 38.7 Å². The van der Waals surface area contributed by atoms with Gasteiger partial charge < -0.3 is 4.74 Å². The molecule has 2 rings (SSSR count). The Balaban J connectivity index is 2.43. The second-order valence-electron chi connectivity index (χ2n) is 5.18. The van der Waals surface area contributed by atoms with Crippen LogP contribution in [0.1, 0.15) is 36.5 Å². The molecule has 9 heteroatoms. The second-order valence-corrected chi connectivity index (χ2v) is 5.18. The van der Waals surface area contributed by atoms with Crippen LogP contribution in [0.3, 0.4) is 0 Å². The van der Waals surface area contributed by atoms with Crippen molar-refractivity contribution in [3.8, 4) is 0 Å². The highest BCUT2D eigenvalue weighted by Gasteiger charge is 2.38. The molecule has 3 nitrogen and oxygen atoms in total. The molecule has 0 amide bonds. The number of hydrogen-bond acceptors (Lipinski definition) is 3. The fourth-order valence-corrected chi connectivity index (χ4v) is 2.34. The van der Waals surface area contributed by atoms with Crippen molar-refractivity contribution in [2.75, 3.05) is 6.61 Å². The minimum Gasteiger partial charge on any atom is -0.464 e. The van der Waals surface area contributed by atoms with Crippen molar-refractivity contribution < 1.29 is 35.9 Å². The Morgan fingerprint density at radius 1 is 1.12 bits per heavy atom. The molecule has 1 aromatic carbocycles. The quantitative estimate of drug-likeness (QED) is 0.602. The molecule has 0 fully saturated rings. The molecule has 0 aromatic heterocycles. The molecule has 132 valence electrons. The molecule has 0 bridgehead atoms. The third kappa shape index (κ3) is 4.07. The highest BCUT2D eigenvalue weighted by Crippen LogP contribution is 2.37. The maximum atomic E-state index is 12.8. The van der Waals surface area contributed by atoms with Gasteiger partial charge in [0.05, 0.1) is 17.7 Å². The Hall–Kier alpha value is -2.06. The van der Waals surface area contributed by atoms with E-state index < -0.39 is 35.5 Å². The number of ether oxygens (including phenoxy) is 1. The number of aliphatic imine (C=N–C) groups is 1. The molecule has 0 N–H and O–H groups in total. The van der Waals surface area contributed by atoms with Crippen LogP contribution >= 0.6 is 0 Å². The third-order valence-corrected chi connectivity index (χ3v) is 3.45. The second kappa shape index (κ2) is 6.45. The van der Waals surface area contributed by atoms with Gasteiger partial charge in [0.15, 0.2) is 0 Å². The van der Waals surface area contributed by atoms with Crippen LogP contribution in [0.4, 0.5) is 26.3 Å². The van der Waals surface area contributed by atoms with E-state index in [1.807, 2.05) is 0 Å². The Kier molecular flexibility index (Phi) is 4.91. The molecule has 0 saturated heterocycles. The maximum Gasteiger partial charge on any atom is 0.416 e. The molecule has 1 atom stereocenters. The minimum absolute atomic E-state index is 0.0321. The molecule has 1 aromatic rings. The van der Waals surface area contributed by atoms with Gasteiger partial charge in [-0.1, -0.05) is 0 Å². The lowest BCUT2D eigenvalue weighted by molar-refractivity contribution is -0.145. The van der Waals surface area contributed by atoms with Crippen molar-refractivity contribution in [1.82, 2.24) is 0 Å². The number of benzene rings is 1. The molecular weight excluding hydrogens is 340 g/mol. The van der Waals surface area contributed by atoms with Crippen LogP contribution in [-0.2, 0) is 21.9 Å². The summed E-state index contributed by atoms with van der Waals surface area (Å²) in [5, 5.41) is 0. The van der Waals surface area contributed by atoms with Gasteiger partial charge in [-0.15, -0.1) is 0 Å². The summed E-state index contributed by atoms with van der Waals surface area (Å²) in [6.45, 7) is 1.70. The molecule has 0 radical (unpaired) electrons. The predicted octanol–water partition coefficient (Wildman–Crippen LogP) is 4.24. The maximum absolute atomic E-state index is 12.8. The van der Waals surface area contributed by atoms with E-state index in [-0.39, 0.29) is 36.8 Å². The molecular formula is C15H13F6NO2. The van der Waals surface area contributed by atoms with Gasteiger partial charge in [-0.05, 0) is 43.5 Å². The van der Waals surface area contributed by atoms with Crippen molar-refractivity contribution in [2.24, 2.45) is 4.99 Å². The normalized spacial score (nSPS) is 18.5. The summed E-state index contributed by atoms with van der Waals surface area (Å²) in [4.78, 5) is 15.5. The molecule has 1 unspecified atom stereocenters. The Labute approximate surface area is 133 Å². The first-order chi connectivity index (χ1) is 11.0. The average molecular weight is 353 g/mol. The Bertz CT molecular complexity index is 631. The third-order valence-electron chi connectivity index (χ3n) is 3.45. The Morgan fingerprint density at radius 3 is 2.12 bits per heavy atom. The van der Waals surface area contributed by atoms with E-state index in [1.165, 1.54) is 0 Å². The number of carbonyl (C=O) groups is 1. The van der Waals surface area contributed by atoms with E-state index in [4.69, 9.17) is 4.74 Å². The Morgan fingerprint density at radius 2 is 1.67 bits per heavy atom. The largest absolute Gasteiger partial charge is 0.464 e. The number of esters is 1. The standard InChI is InChI=1S/C15H13F6NO2/c1-2-24-13(23)12-4-3-11(22-12)8-5-9(14(16,17)18)7-10(6-8)15(19,20)21/h5-7,12H,2-4H2,1H3. The van der Waals surface area contributed by atoms with Crippen LogP contribution in [0.15, 0.2) is 23.2 Å². The van der Waals surface area contributed by atoms with E-state index in [9.17, 15) is 31.1 Å². The van der Waals surface area contributed by atoms with Gasteiger partial charge in [0.1, 0.15) is 6.04 Å². The number of hydrogen-bond donors (Lipinski definition) is 0. The van der Waals surface area contributed by atoms with Gasteiger partial charge in [0.25, 0.3) is 0 Å². The number of nitrogens with zero attached hydrogens (tertiary/aromatic N) is 1. The highest BCUT2D eigenvalue weighted by molar-refractivity contribution is 6.04. The molecule has 0 aliphatic carbocycles. The monoisotopic (exact) mass is 353 g/mol. The first-order valence-corrected chi connectivity index (χ1v) is 7.05. The van der Waals surface area contributed by atoms with Crippen molar-refractivity contribution in [3.63, 3.8) is 0 Å². The van der Waals surface area contributed by atoms with Crippen LogP contribution in [-0.4, -0.2) is 24.3 Å². The van der Waals surface area contributed by atoms with E-state index in [2.05, 4.69) is 4.99 Å². The lowest BCUT2D eigenvalue weighted by Gasteiger charge is -2.14. The SMILES string of the molecule is CCOC(=O)C1CCC(c2cc(C(F)(F)F)cc(C(F)(F)F)c2)=N1. The van der Waals surface area contributed by atoms with Crippen molar-refractivity contribution in [3.05, 3.63) is 34.9 Å². The van der Waals surface area contributed by atoms with Crippen molar-refractivity contribution >= 4 is 11.7 Å². The summed E-state index contributed by atoms with van der Waals surface area (Å²) in [5.74, 6) is -0.643. The summed E-state index contributed by atoms with van der Waals surface area (Å²) in [5.41, 5.74) is -3.07. The number of carbonyl (C=O) groups excluding carboxylic acids is 1. The van der Waals surface area contributed by atoms with Gasteiger partial charge in [-0.3, -0.25) is 4.99 Å². The smallest absolute Gasteiger partial charge is 0.416 e. The van der Waals surface area contributed by atoms with Crippen LogP contribution in [0.2, 0.25) is 0 Å². The summed E-state index contributed by atoms with van der Waals surface area (Å²) < 4.78 is 81.8. The van der Waals surface area contributed by atoms with E-state index in [1.54, 1.807) is 6.92 Å². The lowest BCUT2D eigenvalue weighted by atomic mass is 10.00. The molecule has 1 heterocycles. The van der Waals surface area contributed by atoms with Crippen LogP contribution < -0.4 is 0 Å². The zero-order chi connectivity index (χ0) is 18.1. The number of halogens is 6. The van der Waals surface area contributed by atoms with Crippen LogP contribution in [0, 0.1) is 0 Å². The summed E-state index contributed by atoms with van der Waals surface area (Å²) in [7, 11) is 0. The van der Waals surface area contributed by atoms with Gasteiger partial charge in [-0.25, -0.2) is 4.79 Å². The van der Waals surface area contributed by atoms with Gasteiger partial charge in [0, 0.05) is 5.71 Å². The van der Waals surface area contributed by atoms with Gasteiger partial charge in [-0.2, -0.15) is 26.3 Å². The predicted molar refractivity (Wildman–Crippen MR) is 72.6 cm³/mol. The summed E-state index contributed by atoms with van der Waals surface area (Å²) in [6.07, 6.45) is -9.56. The number of rotatable bonds is 3. The summed E-state index contributed by atoms with van der Waals surface area (Å²) >= 11 is 0. The zero-order valence-corrected chi connectivity index (χ0v) is 12.5. The fourth-order valence-electron chi connectivity index (χ4n) is 2.34. The molecule has 1 aliphatic rings. The lowest BCUT2D eigenvalue weighted by Crippen LogP contribution is -2.18. The van der Waals surface area contributed by atoms with Crippen molar-refractivity contribution in [2.45, 2.75) is 38.2 Å².